The summed E-state index contributed by atoms with van der Waals surface area (Å²) in [6.45, 7) is 2.95. The number of para-hydroxylation sites is 1. The Morgan fingerprint density at radius 3 is 2.94 bits per heavy atom. The van der Waals surface area contributed by atoms with Crippen LogP contribution < -0.4 is 4.74 Å². The number of ether oxygens (including phenoxy) is 1. The molecule has 0 radical (unpaired) electrons. The second kappa shape index (κ2) is 6.74. The van der Waals surface area contributed by atoms with Gasteiger partial charge in [0.2, 0.25) is 0 Å². The Morgan fingerprint density at radius 2 is 2.17 bits per heavy atom. The minimum absolute atomic E-state index is 0.571. The number of fused-ring (bicyclic) bond motifs is 1. The maximum Gasteiger partial charge on any atom is 0.138 e. The number of rotatable bonds is 6. The molecule has 2 nitrogen and oxygen atoms in total. The zero-order valence-corrected chi connectivity index (χ0v) is 12.2. The van der Waals surface area contributed by atoms with Crippen LogP contribution in [0.2, 0.25) is 0 Å². The summed E-state index contributed by atoms with van der Waals surface area (Å²) >= 11 is 3.53. The van der Waals surface area contributed by atoms with Crippen molar-refractivity contribution in [1.82, 2.24) is 4.98 Å². The summed E-state index contributed by atoms with van der Waals surface area (Å²) in [5, 5.41) is 2.11. The fourth-order valence-corrected chi connectivity index (χ4v) is 2.47. The van der Waals surface area contributed by atoms with Gasteiger partial charge in [-0.1, -0.05) is 47.5 Å². The molecular weight excluding hydrogens is 290 g/mol. The average molecular weight is 308 g/mol. The molecule has 1 aromatic heterocycles. The van der Waals surface area contributed by atoms with Crippen LogP contribution in [0.3, 0.4) is 0 Å². The van der Waals surface area contributed by atoms with Gasteiger partial charge in [0, 0.05) is 16.6 Å². The molecule has 18 heavy (non-hydrogen) atoms. The molecule has 96 valence electrons. The van der Waals surface area contributed by atoms with Crippen LogP contribution in [0, 0.1) is 5.92 Å². The molecule has 1 unspecified atom stereocenters. The molecule has 1 aromatic carbocycles. The van der Waals surface area contributed by atoms with Crippen LogP contribution in [0.5, 0.6) is 5.75 Å². The van der Waals surface area contributed by atoms with Gasteiger partial charge < -0.3 is 4.74 Å². The first-order valence-corrected chi connectivity index (χ1v) is 7.49. The zero-order valence-electron chi connectivity index (χ0n) is 10.6. The van der Waals surface area contributed by atoms with E-state index >= 15 is 0 Å². The highest BCUT2D eigenvalue weighted by Gasteiger charge is 2.07. The third-order valence-electron chi connectivity index (χ3n) is 2.97. The van der Waals surface area contributed by atoms with Crippen LogP contribution in [-0.4, -0.2) is 16.9 Å². The predicted octanol–water partition coefficient (Wildman–Crippen LogP) is 4.42. The van der Waals surface area contributed by atoms with Crippen molar-refractivity contribution in [3.05, 3.63) is 36.5 Å². The summed E-state index contributed by atoms with van der Waals surface area (Å²) in [5.74, 6) is 1.43. The highest BCUT2D eigenvalue weighted by Crippen LogP contribution is 2.19. The largest absolute Gasteiger partial charge is 0.492 e. The Bertz CT molecular complexity index is 501. The van der Waals surface area contributed by atoms with E-state index in [-0.39, 0.29) is 0 Å². The van der Waals surface area contributed by atoms with Gasteiger partial charge in [-0.05, 0) is 18.6 Å². The molecule has 2 aromatic rings. The first-order chi connectivity index (χ1) is 8.83. The van der Waals surface area contributed by atoms with E-state index in [2.05, 4.69) is 40.0 Å². The first-order valence-electron chi connectivity index (χ1n) is 6.37. The summed E-state index contributed by atoms with van der Waals surface area (Å²) < 4.78 is 5.83. The van der Waals surface area contributed by atoms with Gasteiger partial charge in [-0.3, -0.25) is 4.98 Å². The lowest BCUT2D eigenvalue weighted by Crippen LogP contribution is -2.13. The molecule has 0 N–H and O–H groups in total. The second-order valence-electron chi connectivity index (χ2n) is 4.48. The number of aromatic nitrogens is 1. The molecule has 0 amide bonds. The van der Waals surface area contributed by atoms with E-state index in [1.165, 1.54) is 12.8 Å². The van der Waals surface area contributed by atoms with Gasteiger partial charge in [-0.2, -0.15) is 0 Å². The molecule has 0 aliphatic rings. The van der Waals surface area contributed by atoms with Crippen LogP contribution in [0.1, 0.15) is 19.8 Å². The fourth-order valence-electron chi connectivity index (χ4n) is 1.96. The minimum Gasteiger partial charge on any atom is -0.492 e. The monoisotopic (exact) mass is 307 g/mol. The van der Waals surface area contributed by atoms with Crippen LogP contribution in [0.25, 0.3) is 10.9 Å². The molecule has 0 saturated carbocycles. The summed E-state index contributed by atoms with van der Waals surface area (Å²) in [4.78, 5) is 4.39. The summed E-state index contributed by atoms with van der Waals surface area (Å²) in [6.07, 6.45) is 4.18. The number of alkyl halides is 1. The highest BCUT2D eigenvalue weighted by molar-refractivity contribution is 9.09. The van der Waals surface area contributed by atoms with Crippen LogP contribution in [-0.2, 0) is 0 Å². The lowest BCUT2D eigenvalue weighted by atomic mass is 10.1. The van der Waals surface area contributed by atoms with Gasteiger partial charge >= 0.3 is 0 Å². The van der Waals surface area contributed by atoms with Gasteiger partial charge in [0.1, 0.15) is 5.75 Å². The van der Waals surface area contributed by atoms with E-state index in [1.54, 1.807) is 6.20 Å². The van der Waals surface area contributed by atoms with Crippen LogP contribution in [0.15, 0.2) is 36.5 Å². The maximum absolute atomic E-state index is 5.83. The van der Waals surface area contributed by atoms with Gasteiger partial charge in [-0.25, -0.2) is 0 Å². The topological polar surface area (TPSA) is 22.1 Å². The standard InChI is InChI=1S/C15H18BrNO/c1-2-5-12(9-16)11-18-14-8-13-6-3-4-7-15(13)17-10-14/h3-4,6-8,10,12H,2,5,9,11H2,1H3. The Morgan fingerprint density at radius 1 is 1.33 bits per heavy atom. The number of benzene rings is 1. The van der Waals surface area contributed by atoms with E-state index in [0.717, 1.165) is 28.6 Å². The normalized spacial score (nSPS) is 12.6. The predicted molar refractivity (Wildman–Crippen MR) is 79.4 cm³/mol. The number of halogens is 1. The van der Waals surface area contributed by atoms with Crippen molar-refractivity contribution in [1.29, 1.82) is 0 Å². The molecule has 0 saturated heterocycles. The molecule has 0 aliphatic heterocycles. The third kappa shape index (κ3) is 3.45. The molecule has 1 heterocycles. The number of pyridine rings is 1. The van der Waals surface area contributed by atoms with Gasteiger partial charge in [0.05, 0.1) is 18.3 Å². The molecule has 0 fully saturated rings. The molecule has 0 spiro atoms. The van der Waals surface area contributed by atoms with Gasteiger partial charge in [-0.15, -0.1) is 0 Å². The molecule has 0 bridgehead atoms. The van der Waals surface area contributed by atoms with E-state index in [9.17, 15) is 0 Å². The lowest BCUT2D eigenvalue weighted by molar-refractivity contribution is 0.254. The van der Waals surface area contributed by atoms with Crippen molar-refractivity contribution in [3.63, 3.8) is 0 Å². The van der Waals surface area contributed by atoms with Crippen molar-refractivity contribution in [3.8, 4) is 5.75 Å². The lowest BCUT2D eigenvalue weighted by Gasteiger charge is -2.14. The Kier molecular flexibility index (Phi) is 5.00. The molecule has 2 rings (SSSR count). The number of hydrogen-bond acceptors (Lipinski definition) is 2. The SMILES string of the molecule is CCCC(CBr)COc1cnc2ccccc2c1. The van der Waals surface area contributed by atoms with Gasteiger partial charge in [0.15, 0.2) is 0 Å². The Balaban J connectivity index is 2.03. The van der Waals surface area contributed by atoms with E-state index in [1.807, 2.05) is 18.2 Å². The molecule has 3 heteroatoms. The summed E-state index contributed by atoms with van der Waals surface area (Å²) in [6, 6.07) is 10.1. The average Bonchev–Trinajstić information content (AvgIpc) is 2.43. The fraction of sp³-hybridized carbons (Fsp3) is 0.400. The van der Waals surface area contributed by atoms with Crippen molar-refractivity contribution < 1.29 is 4.74 Å². The van der Waals surface area contributed by atoms with E-state index in [0.29, 0.717) is 5.92 Å². The van der Waals surface area contributed by atoms with Crippen molar-refractivity contribution in [2.24, 2.45) is 5.92 Å². The summed E-state index contributed by atoms with van der Waals surface area (Å²) in [7, 11) is 0. The minimum atomic E-state index is 0.571. The Labute approximate surface area is 117 Å². The van der Waals surface area contributed by atoms with Crippen molar-refractivity contribution in [2.75, 3.05) is 11.9 Å². The van der Waals surface area contributed by atoms with Crippen LogP contribution in [0.4, 0.5) is 0 Å². The van der Waals surface area contributed by atoms with Gasteiger partial charge in [0.25, 0.3) is 0 Å². The quantitative estimate of drug-likeness (QED) is 0.737. The van der Waals surface area contributed by atoms with Crippen LogP contribution >= 0.6 is 15.9 Å². The highest BCUT2D eigenvalue weighted by atomic mass is 79.9. The maximum atomic E-state index is 5.83. The smallest absolute Gasteiger partial charge is 0.138 e. The molecule has 0 aliphatic carbocycles. The molecule has 1 atom stereocenters. The number of hydrogen-bond donors (Lipinski definition) is 0. The third-order valence-corrected chi connectivity index (χ3v) is 3.88. The van der Waals surface area contributed by atoms with Crippen molar-refractivity contribution in [2.45, 2.75) is 19.8 Å². The second-order valence-corrected chi connectivity index (χ2v) is 5.13. The Hall–Kier alpha value is -1.09. The molecular formula is C15H18BrNO. The van der Waals surface area contributed by atoms with E-state index in [4.69, 9.17) is 4.74 Å². The number of nitrogens with zero attached hydrogens (tertiary/aromatic N) is 1. The summed E-state index contributed by atoms with van der Waals surface area (Å²) in [5.41, 5.74) is 1.01. The first kappa shape index (κ1) is 13.3. The van der Waals surface area contributed by atoms with E-state index < -0.39 is 0 Å². The van der Waals surface area contributed by atoms with Crippen molar-refractivity contribution >= 4 is 26.8 Å². The zero-order chi connectivity index (χ0) is 12.8.